The molecular formula is C7H16N2O4-2. The van der Waals surface area contributed by atoms with Crippen LogP contribution in [0, 0.1) is 10.4 Å². The standard InChI is InChI=1S/C7H16N2O4/c1-4-7(13-8(3)10)6-12-9(11)5-2/h7H,4-6H2,1-3H3/q-2. The van der Waals surface area contributed by atoms with E-state index in [9.17, 15) is 10.4 Å². The van der Waals surface area contributed by atoms with Crippen molar-refractivity contribution in [3.05, 3.63) is 10.4 Å². The molecule has 6 heteroatoms. The molecule has 0 aliphatic heterocycles. The summed E-state index contributed by atoms with van der Waals surface area (Å²) < 4.78 is 0. The predicted molar refractivity (Wildman–Crippen MR) is 48.0 cm³/mol. The van der Waals surface area contributed by atoms with E-state index in [1.165, 1.54) is 7.05 Å². The Bertz CT molecular complexity index is 123. The summed E-state index contributed by atoms with van der Waals surface area (Å²) in [6, 6.07) is 0. The quantitative estimate of drug-likeness (QED) is 0.557. The fourth-order valence-electron chi connectivity index (χ4n) is 0.690. The van der Waals surface area contributed by atoms with Crippen LogP contribution in [-0.4, -0.2) is 36.8 Å². The SMILES string of the molecule is CCC(CON([O-])CC)ON(C)[O-]. The molecule has 0 saturated heterocycles. The van der Waals surface area contributed by atoms with Crippen LogP contribution in [0.15, 0.2) is 0 Å². The summed E-state index contributed by atoms with van der Waals surface area (Å²) in [5, 5.41) is 22.0. The Morgan fingerprint density at radius 3 is 2.31 bits per heavy atom. The van der Waals surface area contributed by atoms with E-state index >= 15 is 0 Å². The lowest BCUT2D eigenvalue weighted by Gasteiger charge is -2.31. The van der Waals surface area contributed by atoms with Gasteiger partial charge in [0.1, 0.15) is 6.10 Å². The van der Waals surface area contributed by atoms with Gasteiger partial charge in [-0.25, -0.2) is 0 Å². The lowest BCUT2D eigenvalue weighted by molar-refractivity contribution is -0.207. The molecule has 13 heavy (non-hydrogen) atoms. The Morgan fingerprint density at radius 1 is 1.31 bits per heavy atom. The zero-order chi connectivity index (χ0) is 10.3. The van der Waals surface area contributed by atoms with Crippen molar-refractivity contribution >= 4 is 0 Å². The summed E-state index contributed by atoms with van der Waals surface area (Å²) in [5.74, 6) is 0. The molecule has 0 amide bonds. The van der Waals surface area contributed by atoms with E-state index in [0.29, 0.717) is 16.9 Å². The van der Waals surface area contributed by atoms with E-state index in [4.69, 9.17) is 9.68 Å². The largest absolute Gasteiger partial charge is 0.762 e. The van der Waals surface area contributed by atoms with Crippen LogP contribution in [0.25, 0.3) is 0 Å². The summed E-state index contributed by atoms with van der Waals surface area (Å²) in [4.78, 5) is 9.51. The first-order chi connectivity index (χ1) is 6.10. The average molecular weight is 192 g/mol. The van der Waals surface area contributed by atoms with Crippen molar-refractivity contribution in [2.75, 3.05) is 20.2 Å². The molecule has 1 atom stereocenters. The van der Waals surface area contributed by atoms with Gasteiger partial charge in [0, 0.05) is 6.54 Å². The molecule has 1 unspecified atom stereocenters. The van der Waals surface area contributed by atoms with Gasteiger partial charge in [0.25, 0.3) is 0 Å². The smallest absolute Gasteiger partial charge is 0.103 e. The highest BCUT2D eigenvalue weighted by Crippen LogP contribution is 2.01. The summed E-state index contributed by atoms with van der Waals surface area (Å²) in [6.07, 6.45) is 0.245. The zero-order valence-corrected chi connectivity index (χ0v) is 8.23. The highest BCUT2D eigenvalue weighted by molar-refractivity contribution is 4.52. The molecule has 0 saturated carbocycles. The fraction of sp³-hybridized carbons (Fsp3) is 1.00. The van der Waals surface area contributed by atoms with Gasteiger partial charge < -0.3 is 20.1 Å². The van der Waals surface area contributed by atoms with Crippen molar-refractivity contribution in [3.63, 3.8) is 0 Å². The van der Waals surface area contributed by atoms with Crippen LogP contribution in [-0.2, 0) is 9.68 Å². The minimum atomic E-state index is -0.370. The number of nitrogens with zero attached hydrogens (tertiary/aromatic N) is 2. The second kappa shape index (κ2) is 7.19. The van der Waals surface area contributed by atoms with Crippen molar-refractivity contribution < 1.29 is 9.68 Å². The number of hydroxylamine groups is 4. The van der Waals surface area contributed by atoms with Crippen molar-refractivity contribution in [1.82, 2.24) is 10.5 Å². The minimum absolute atomic E-state index is 0.0976. The molecule has 0 aliphatic carbocycles. The van der Waals surface area contributed by atoms with Crippen LogP contribution in [0.5, 0.6) is 0 Å². The van der Waals surface area contributed by atoms with Crippen LogP contribution < -0.4 is 0 Å². The van der Waals surface area contributed by atoms with Crippen molar-refractivity contribution in [2.45, 2.75) is 26.4 Å². The van der Waals surface area contributed by atoms with Gasteiger partial charge >= 0.3 is 0 Å². The van der Waals surface area contributed by atoms with E-state index in [1.807, 2.05) is 6.92 Å². The molecule has 0 bridgehead atoms. The average Bonchev–Trinajstić information content (AvgIpc) is 2.10. The van der Waals surface area contributed by atoms with Gasteiger partial charge in [-0.2, -0.15) is 0 Å². The molecule has 80 valence electrons. The maximum Gasteiger partial charge on any atom is 0.103 e. The number of rotatable bonds is 7. The first-order valence-electron chi connectivity index (χ1n) is 4.25. The van der Waals surface area contributed by atoms with E-state index in [0.717, 1.165) is 0 Å². The third-order valence-corrected chi connectivity index (χ3v) is 1.42. The van der Waals surface area contributed by atoms with Gasteiger partial charge in [-0.15, -0.1) is 0 Å². The molecule has 0 fully saturated rings. The van der Waals surface area contributed by atoms with Crippen LogP contribution >= 0.6 is 0 Å². The summed E-state index contributed by atoms with van der Waals surface area (Å²) in [5.41, 5.74) is 0. The fourth-order valence-corrected chi connectivity index (χ4v) is 0.690. The van der Waals surface area contributed by atoms with E-state index in [-0.39, 0.29) is 19.3 Å². The zero-order valence-electron chi connectivity index (χ0n) is 8.23. The summed E-state index contributed by atoms with van der Waals surface area (Å²) in [6.45, 7) is 3.87. The van der Waals surface area contributed by atoms with E-state index in [1.54, 1.807) is 6.92 Å². The molecule has 0 N–H and O–H groups in total. The molecule has 6 nitrogen and oxygen atoms in total. The number of hydrogen-bond acceptors (Lipinski definition) is 6. The Balaban J connectivity index is 3.59. The first-order valence-corrected chi connectivity index (χ1v) is 4.25. The first kappa shape index (κ1) is 12.8. The van der Waals surface area contributed by atoms with Gasteiger partial charge in [0.15, 0.2) is 0 Å². The van der Waals surface area contributed by atoms with Gasteiger partial charge in [-0.3, -0.25) is 10.5 Å². The minimum Gasteiger partial charge on any atom is -0.762 e. The van der Waals surface area contributed by atoms with E-state index < -0.39 is 0 Å². The Kier molecular flexibility index (Phi) is 7.06. The van der Waals surface area contributed by atoms with E-state index in [2.05, 4.69) is 0 Å². The maximum atomic E-state index is 10.7. The Morgan fingerprint density at radius 2 is 1.92 bits per heavy atom. The maximum absolute atomic E-state index is 10.7. The second-order valence-corrected chi connectivity index (χ2v) is 2.52. The molecular weight excluding hydrogens is 176 g/mol. The third-order valence-electron chi connectivity index (χ3n) is 1.42. The third kappa shape index (κ3) is 6.88. The molecule has 0 heterocycles. The van der Waals surface area contributed by atoms with Crippen LogP contribution in [0.3, 0.4) is 0 Å². The lowest BCUT2D eigenvalue weighted by Crippen LogP contribution is -2.29. The highest BCUT2D eigenvalue weighted by Gasteiger charge is 2.06. The van der Waals surface area contributed by atoms with Crippen LogP contribution in [0.2, 0.25) is 0 Å². The second-order valence-electron chi connectivity index (χ2n) is 2.52. The molecule has 0 aromatic carbocycles. The summed E-state index contributed by atoms with van der Waals surface area (Å²) >= 11 is 0. The molecule has 0 aromatic heterocycles. The number of hydrogen-bond donors (Lipinski definition) is 0. The van der Waals surface area contributed by atoms with Crippen molar-refractivity contribution in [2.24, 2.45) is 0 Å². The normalized spacial score (nSPS) is 14.1. The van der Waals surface area contributed by atoms with Gasteiger partial charge in [-0.1, -0.05) is 13.8 Å². The van der Waals surface area contributed by atoms with Crippen LogP contribution in [0.1, 0.15) is 20.3 Å². The topological polar surface area (TPSA) is 71.1 Å². The van der Waals surface area contributed by atoms with Crippen molar-refractivity contribution in [1.29, 1.82) is 0 Å². The predicted octanol–water partition coefficient (Wildman–Crippen LogP) is 0.878. The monoisotopic (exact) mass is 192 g/mol. The summed E-state index contributed by atoms with van der Waals surface area (Å²) in [7, 11) is 1.25. The molecule has 0 spiro atoms. The van der Waals surface area contributed by atoms with Crippen molar-refractivity contribution in [3.8, 4) is 0 Å². The Labute approximate surface area is 78.1 Å². The highest BCUT2D eigenvalue weighted by atomic mass is 16.9. The van der Waals surface area contributed by atoms with Crippen LogP contribution in [0.4, 0.5) is 0 Å². The van der Waals surface area contributed by atoms with Gasteiger partial charge in [-0.05, 0) is 13.5 Å². The molecule has 0 rings (SSSR count). The van der Waals surface area contributed by atoms with Gasteiger partial charge in [0.05, 0.1) is 6.61 Å². The lowest BCUT2D eigenvalue weighted by atomic mass is 10.3. The van der Waals surface area contributed by atoms with Gasteiger partial charge in [0.2, 0.25) is 0 Å². The Hall–Kier alpha value is -0.240. The molecule has 0 radical (unpaired) electrons. The molecule has 0 aliphatic rings. The molecule has 0 aromatic rings.